The molecule has 3 heterocycles. The summed E-state index contributed by atoms with van der Waals surface area (Å²) in [6.45, 7) is 9.01. The minimum atomic E-state index is -3.90. The Balaban J connectivity index is 1.71. The van der Waals surface area contributed by atoms with Crippen molar-refractivity contribution in [2.45, 2.75) is 50.8 Å². The predicted octanol–water partition coefficient (Wildman–Crippen LogP) is 6.23. The molecule has 35 heavy (non-hydrogen) atoms. The maximum atomic E-state index is 13.3. The normalized spacial score (nSPS) is 12.0. The van der Waals surface area contributed by atoms with Crippen LogP contribution < -0.4 is 4.72 Å². The highest BCUT2D eigenvalue weighted by Crippen LogP contribution is 2.38. The summed E-state index contributed by atoms with van der Waals surface area (Å²) in [4.78, 5) is 13.4. The van der Waals surface area contributed by atoms with Crippen molar-refractivity contribution < 1.29 is 8.42 Å². The van der Waals surface area contributed by atoms with E-state index in [1.807, 2.05) is 30.5 Å². The van der Waals surface area contributed by atoms with Crippen molar-refractivity contribution in [2.75, 3.05) is 4.72 Å². The second-order valence-corrected chi connectivity index (χ2v) is 12.5. The van der Waals surface area contributed by atoms with E-state index in [1.54, 1.807) is 12.3 Å². The van der Waals surface area contributed by atoms with Crippen LogP contribution in [0.15, 0.2) is 59.3 Å². The van der Waals surface area contributed by atoms with Crippen LogP contribution in [-0.2, 0) is 23.0 Å². The summed E-state index contributed by atoms with van der Waals surface area (Å²) in [7, 11) is -3.90. The number of rotatable bonds is 9. The molecule has 0 saturated heterocycles. The Morgan fingerprint density at radius 2 is 1.80 bits per heavy atom. The van der Waals surface area contributed by atoms with Gasteiger partial charge in [-0.15, -0.1) is 11.3 Å². The summed E-state index contributed by atoms with van der Waals surface area (Å²) in [6, 6.07) is 9.29. The number of halogens is 1. The number of anilines is 1. The third-order valence-corrected chi connectivity index (χ3v) is 8.73. The van der Waals surface area contributed by atoms with Crippen LogP contribution >= 0.6 is 22.9 Å². The summed E-state index contributed by atoms with van der Waals surface area (Å²) in [5, 5.41) is 0.574. The highest BCUT2D eigenvalue weighted by molar-refractivity contribution is 7.94. The smallest absolute Gasteiger partial charge is 0.274 e. The molecule has 0 atom stereocenters. The van der Waals surface area contributed by atoms with E-state index in [1.165, 1.54) is 23.7 Å². The monoisotopic (exact) mass is 529 g/mol. The third-order valence-electron chi connectivity index (χ3n) is 5.36. The molecule has 0 radical (unpaired) electrons. The lowest BCUT2D eigenvalue weighted by Crippen LogP contribution is -2.14. The first kappa shape index (κ1) is 25.3. The molecule has 0 unspecified atom stereocenters. The van der Waals surface area contributed by atoms with E-state index >= 15 is 0 Å². The van der Waals surface area contributed by atoms with Crippen molar-refractivity contribution in [3.05, 3.63) is 76.4 Å². The van der Waals surface area contributed by atoms with Crippen LogP contribution in [0.3, 0.4) is 0 Å². The Labute approximate surface area is 215 Å². The lowest BCUT2D eigenvalue weighted by atomic mass is 10.0. The second kappa shape index (κ2) is 10.5. The number of aromatic nitrogens is 4. The number of sulfonamides is 1. The first-order chi connectivity index (χ1) is 16.6. The van der Waals surface area contributed by atoms with Crippen molar-refractivity contribution in [3.8, 4) is 11.1 Å². The van der Waals surface area contributed by atoms with E-state index in [4.69, 9.17) is 11.6 Å². The molecule has 4 rings (SSSR count). The minimum Gasteiger partial charge on any atom is -0.330 e. The van der Waals surface area contributed by atoms with Crippen LogP contribution in [0, 0.1) is 5.92 Å². The Morgan fingerprint density at radius 1 is 1.06 bits per heavy atom. The topological polar surface area (TPSA) is 89.8 Å². The SMILES string of the molecule is CC(C)Cc1cc(-c2ccc(Cn3ccnc3C(C)C)c(Cl)c2)c(S(=O)(=O)Nc2ncccn2)s1. The zero-order chi connectivity index (χ0) is 25.2. The molecule has 0 aliphatic carbocycles. The first-order valence-electron chi connectivity index (χ1n) is 11.4. The molecule has 3 aromatic heterocycles. The van der Waals surface area contributed by atoms with Gasteiger partial charge in [-0.3, -0.25) is 0 Å². The molecule has 0 aliphatic heterocycles. The molecule has 184 valence electrons. The number of thiophene rings is 1. The summed E-state index contributed by atoms with van der Waals surface area (Å²) in [5.41, 5.74) is 2.30. The second-order valence-electron chi connectivity index (χ2n) is 9.06. The molecule has 1 aromatic carbocycles. The highest BCUT2D eigenvalue weighted by Gasteiger charge is 2.25. The molecule has 1 N–H and O–H groups in total. The van der Waals surface area contributed by atoms with Crippen molar-refractivity contribution in [3.63, 3.8) is 0 Å². The lowest BCUT2D eigenvalue weighted by Gasteiger charge is -2.13. The van der Waals surface area contributed by atoms with Crippen molar-refractivity contribution >= 4 is 38.9 Å². The van der Waals surface area contributed by atoms with Crippen LogP contribution in [0.4, 0.5) is 5.95 Å². The fourth-order valence-electron chi connectivity index (χ4n) is 3.83. The molecule has 0 aliphatic rings. The summed E-state index contributed by atoms with van der Waals surface area (Å²) in [5.74, 6) is 1.71. The number of benzene rings is 1. The molecule has 0 saturated carbocycles. The largest absolute Gasteiger partial charge is 0.330 e. The number of hydrogen-bond acceptors (Lipinski definition) is 6. The van der Waals surface area contributed by atoms with Gasteiger partial charge in [-0.1, -0.05) is 51.4 Å². The fourth-order valence-corrected chi connectivity index (χ4v) is 6.98. The van der Waals surface area contributed by atoms with Crippen LogP contribution in [0.1, 0.15) is 49.9 Å². The molecule has 0 spiro atoms. The first-order valence-corrected chi connectivity index (χ1v) is 14.0. The van der Waals surface area contributed by atoms with Gasteiger partial charge in [-0.2, -0.15) is 0 Å². The molecule has 0 fully saturated rings. The average Bonchev–Trinajstić information content (AvgIpc) is 3.43. The van der Waals surface area contributed by atoms with Crippen molar-refractivity contribution in [2.24, 2.45) is 5.92 Å². The quantitative estimate of drug-likeness (QED) is 0.278. The van der Waals surface area contributed by atoms with Gasteiger partial charge in [0.15, 0.2) is 0 Å². The molecule has 0 bridgehead atoms. The number of nitrogens with zero attached hydrogens (tertiary/aromatic N) is 4. The van der Waals surface area contributed by atoms with Gasteiger partial charge in [-0.05, 0) is 41.7 Å². The standard InChI is InChI=1S/C25H28ClN5O2S2/c1-16(2)12-20-14-21(24(34-20)35(32,33)30-25-28-8-5-9-29-25)18-6-7-19(22(26)13-18)15-31-11-10-27-23(31)17(3)4/h5-11,13-14,16-17H,12,15H2,1-4H3,(H,28,29,30). The van der Waals surface area contributed by atoms with Crippen LogP contribution in [0.5, 0.6) is 0 Å². The summed E-state index contributed by atoms with van der Waals surface area (Å²) < 4.78 is 31.5. The van der Waals surface area contributed by atoms with E-state index < -0.39 is 10.0 Å². The van der Waals surface area contributed by atoms with Crippen molar-refractivity contribution in [1.29, 1.82) is 0 Å². The minimum absolute atomic E-state index is 0.0342. The predicted molar refractivity (Wildman–Crippen MR) is 142 cm³/mol. The molecule has 7 nitrogen and oxygen atoms in total. The average molecular weight is 530 g/mol. The molecular formula is C25H28ClN5O2S2. The Morgan fingerprint density at radius 3 is 2.46 bits per heavy atom. The van der Waals surface area contributed by atoms with Gasteiger partial charge in [-0.25, -0.2) is 28.1 Å². The Kier molecular flexibility index (Phi) is 7.59. The molecule has 0 amide bonds. The van der Waals surface area contributed by atoms with E-state index in [0.29, 0.717) is 29.0 Å². The van der Waals surface area contributed by atoms with Gasteiger partial charge >= 0.3 is 0 Å². The Hall–Kier alpha value is -2.75. The fraction of sp³-hybridized carbons (Fsp3) is 0.320. The van der Waals surface area contributed by atoms with Gasteiger partial charge < -0.3 is 4.57 Å². The van der Waals surface area contributed by atoms with Gasteiger partial charge in [0.1, 0.15) is 10.0 Å². The van der Waals surface area contributed by atoms with Crippen molar-refractivity contribution in [1.82, 2.24) is 19.5 Å². The van der Waals surface area contributed by atoms with Gasteiger partial charge in [0.05, 0.1) is 6.54 Å². The van der Waals surface area contributed by atoms with Gasteiger partial charge in [0.25, 0.3) is 10.0 Å². The summed E-state index contributed by atoms with van der Waals surface area (Å²) in [6.07, 6.45) is 7.50. The van der Waals surface area contributed by atoms with Gasteiger partial charge in [0.2, 0.25) is 5.95 Å². The zero-order valence-electron chi connectivity index (χ0n) is 20.1. The number of nitrogens with one attached hydrogen (secondary N) is 1. The molecule has 10 heteroatoms. The zero-order valence-corrected chi connectivity index (χ0v) is 22.5. The maximum Gasteiger partial charge on any atom is 0.274 e. The van der Waals surface area contributed by atoms with E-state index in [9.17, 15) is 8.42 Å². The Bertz CT molecular complexity index is 1410. The number of imidazole rings is 1. The maximum absolute atomic E-state index is 13.3. The van der Waals surface area contributed by atoms with Gasteiger partial charge in [0, 0.05) is 46.2 Å². The van der Waals surface area contributed by atoms with Crippen LogP contribution in [0.25, 0.3) is 11.1 Å². The molecule has 4 aromatic rings. The summed E-state index contributed by atoms with van der Waals surface area (Å²) >= 11 is 7.97. The lowest BCUT2D eigenvalue weighted by molar-refractivity contribution is 0.603. The van der Waals surface area contributed by atoms with E-state index in [-0.39, 0.29) is 10.2 Å². The highest BCUT2D eigenvalue weighted by atomic mass is 35.5. The van der Waals surface area contributed by atoms with Crippen LogP contribution in [-0.4, -0.2) is 27.9 Å². The third kappa shape index (κ3) is 5.91. The number of hydrogen-bond donors (Lipinski definition) is 1. The molecular weight excluding hydrogens is 502 g/mol. The van der Waals surface area contributed by atoms with E-state index in [2.05, 4.69) is 51.9 Å². The van der Waals surface area contributed by atoms with E-state index in [0.717, 1.165) is 28.2 Å². The van der Waals surface area contributed by atoms with Crippen LogP contribution in [0.2, 0.25) is 5.02 Å².